The number of para-hydroxylation sites is 2. The highest BCUT2D eigenvalue weighted by Crippen LogP contribution is 2.74. The van der Waals surface area contributed by atoms with E-state index < -0.39 is 10.8 Å². The second kappa shape index (κ2) is 5.38. The van der Waals surface area contributed by atoms with Crippen LogP contribution in [0.4, 0.5) is 11.4 Å². The van der Waals surface area contributed by atoms with Gasteiger partial charge in [-0.25, -0.2) is 0 Å². The Balaban J connectivity index is 1.59. The van der Waals surface area contributed by atoms with Gasteiger partial charge in [-0.05, 0) is 44.0 Å². The van der Waals surface area contributed by atoms with Crippen LogP contribution in [0.1, 0.15) is 20.8 Å². The van der Waals surface area contributed by atoms with Gasteiger partial charge in [-0.3, -0.25) is 9.59 Å². The van der Waals surface area contributed by atoms with Crippen LogP contribution < -0.4 is 10.0 Å². The van der Waals surface area contributed by atoms with Crippen LogP contribution in [0.15, 0.2) is 70.9 Å². The number of amides is 2. The van der Waals surface area contributed by atoms with E-state index in [-0.39, 0.29) is 17.7 Å². The third-order valence-electron chi connectivity index (χ3n) is 6.54. The maximum absolute atomic E-state index is 13.6. The summed E-state index contributed by atoms with van der Waals surface area (Å²) in [6.07, 6.45) is 0. The van der Waals surface area contributed by atoms with Crippen LogP contribution in [0.3, 0.4) is 0 Å². The molecule has 28 heavy (non-hydrogen) atoms. The third kappa shape index (κ3) is 1.69. The molecule has 6 nitrogen and oxygen atoms in total. The number of carbonyl (C=O) groups excluding carboxylic acids is 2. The molecule has 0 aromatic heterocycles. The van der Waals surface area contributed by atoms with E-state index in [1.54, 1.807) is 0 Å². The Bertz CT molecular complexity index is 977. The van der Waals surface area contributed by atoms with Crippen molar-refractivity contribution in [3.63, 3.8) is 0 Å². The lowest BCUT2D eigenvalue weighted by Crippen LogP contribution is -2.40. The van der Waals surface area contributed by atoms with Crippen LogP contribution in [0.25, 0.3) is 0 Å². The number of fused-ring (bicyclic) bond motifs is 1. The van der Waals surface area contributed by atoms with Crippen molar-refractivity contribution in [1.82, 2.24) is 0 Å². The number of hydrazone groups is 2. The average molecular weight is 372 g/mol. The predicted octanol–water partition coefficient (Wildman–Crippen LogP) is 3.45. The highest BCUT2D eigenvalue weighted by molar-refractivity contribution is 6.35. The van der Waals surface area contributed by atoms with Crippen molar-refractivity contribution in [2.75, 3.05) is 10.0 Å². The van der Waals surface area contributed by atoms with Crippen molar-refractivity contribution in [1.29, 1.82) is 0 Å². The number of rotatable bonds is 2. The molecule has 0 N–H and O–H groups in total. The number of hydrogen-bond donors (Lipinski definition) is 0. The zero-order valence-corrected chi connectivity index (χ0v) is 16.0. The van der Waals surface area contributed by atoms with Crippen LogP contribution in [-0.4, -0.2) is 23.2 Å². The molecule has 2 spiro atoms. The molecule has 3 aliphatic rings. The first-order valence-electron chi connectivity index (χ1n) is 9.38. The minimum absolute atomic E-state index is 0.151. The van der Waals surface area contributed by atoms with Gasteiger partial charge >= 0.3 is 0 Å². The maximum atomic E-state index is 13.6. The van der Waals surface area contributed by atoms with E-state index in [2.05, 4.69) is 10.2 Å². The SMILES string of the molecule is CC1=NN(c2ccccc2)C(=O)[C@@]12C(C)[C@@]21C(=O)N(c2ccccc2)N=C1C. The predicted molar refractivity (Wildman–Crippen MR) is 108 cm³/mol. The summed E-state index contributed by atoms with van der Waals surface area (Å²) in [6.45, 7) is 5.65. The van der Waals surface area contributed by atoms with Crippen LogP contribution in [0, 0.1) is 16.7 Å². The van der Waals surface area contributed by atoms with Gasteiger partial charge in [0.15, 0.2) is 0 Å². The Hall–Kier alpha value is -3.28. The van der Waals surface area contributed by atoms with E-state index in [0.29, 0.717) is 22.8 Å². The Morgan fingerprint density at radius 2 is 1.07 bits per heavy atom. The summed E-state index contributed by atoms with van der Waals surface area (Å²) in [7, 11) is 0. The molecule has 2 heterocycles. The minimum Gasteiger partial charge on any atom is -0.271 e. The fraction of sp³-hybridized carbons (Fsp3) is 0.273. The molecule has 140 valence electrons. The maximum Gasteiger partial charge on any atom is 0.261 e. The highest BCUT2D eigenvalue weighted by atomic mass is 16.2. The summed E-state index contributed by atoms with van der Waals surface area (Å²) in [5.41, 5.74) is 0.836. The molecule has 2 aromatic carbocycles. The summed E-state index contributed by atoms with van der Waals surface area (Å²) in [5, 5.41) is 12.0. The zero-order valence-electron chi connectivity index (χ0n) is 16.0. The first kappa shape index (κ1) is 16.9. The van der Waals surface area contributed by atoms with Gasteiger partial charge in [0.25, 0.3) is 11.8 Å². The van der Waals surface area contributed by atoms with Gasteiger partial charge in [-0.15, -0.1) is 0 Å². The largest absolute Gasteiger partial charge is 0.271 e. The summed E-state index contributed by atoms with van der Waals surface area (Å²) in [4.78, 5) is 27.2. The van der Waals surface area contributed by atoms with Gasteiger partial charge in [-0.1, -0.05) is 43.3 Å². The fourth-order valence-corrected chi connectivity index (χ4v) is 5.25. The van der Waals surface area contributed by atoms with Gasteiger partial charge in [0.1, 0.15) is 10.8 Å². The number of nitrogens with zero attached hydrogens (tertiary/aromatic N) is 4. The Labute approximate surface area is 163 Å². The summed E-state index contributed by atoms with van der Waals surface area (Å²) < 4.78 is 0. The second-order valence-electron chi connectivity index (χ2n) is 7.61. The molecule has 6 heteroatoms. The quantitative estimate of drug-likeness (QED) is 0.810. The Morgan fingerprint density at radius 3 is 1.43 bits per heavy atom. The summed E-state index contributed by atoms with van der Waals surface area (Å²) in [6, 6.07) is 18.7. The van der Waals surface area contributed by atoms with Crippen LogP contribution in [-0.2, 0) is 9.59 Å². The molecule has 1 saturated carbocycles. The van der Waals surface area contributed by atoms with Gasteiger partial charge < -0.3 is 0 Å². The van der Waals surface area contributed by atoms with Crippen molar-refractivity contribution in [3.05, 3.63) is 60.7 Å². The molecule has 2 atom stereocenters. The van der Waals surface area contributed by atoms with E-state index in [1.807, 2.05) is 81.4 Å². The van der Waals surface area contributed by atoms with Gasteiger partial charge in [0.2, 0.25) is 0 Å². The Kier molecular flexibility index (Phi) is 3.24. The molecule has 5 rings (SSSR count). The van der Waals surface area contributed by atoms with Crippen LogP contribution in [0.2, 0.25) is 0 Å². The van der Waals surface area contributed by atoms with Gasteiger partial charge in [-0.2, -0.15) is 20.2 Å². The molecule has 2 aromatic rings. The van der Waals surface area contributed by atoms with Crippen molar-refractivity contribution in [3.8, 4) is 0 Å². The van der Waals surface area contributed by atoms with Gasteiger partial charge in [0.05, 0.1) is 22.8 Å². The molecular formula is C22H20N4O2. The molecule has 1 aliphatic carbocycles. The minimum atomic E-state index is -0.961. The molecule has 0 bridgehead atoms. The highest BCUT2D eigenvalue weighted by Gasteiger charge is 2.89. The number of hydrogen-bond acceptors (Lipinski definition) is 4. The fourth-order valence-electron chi connectivity index (χ4n) is 5.25. The molecule has 2 aliphatic heterocycles. The van der Waals surface area contributed by atoms with E-state index >= 15 is 0 Å². The lowest BCUT2D eigenvalue weighted by Gasteiger charge is -2.19. The van der Waals surface area contributed by atoms with Gasteiger partial charge in [0, 0.05) is 0 Å². The van der Waals surface area contributed by atoms with E-state index in [9.17, 15) is 9.59 Å². The monoisotopic (exact) mass is 372 g/mol. The first-order valence-corrected chi connectivity index (χ1v) is 9.38. The van der Waals surface area contributed by atoms with Crippen LogP contribution >= 0.6 is 0 Å². The van der Waals surface area contributed by atoms with Crippen molar-refractivity contribution in [2.24, 2.45) is 27.0 Å². The Morgan fingerprint density at radius 1 is 0.714 bits per heavy atom. The molecular weight excluding hydrogens is 352 g/mol. The topological polar surface area (TPSA) is 65.3 Å². The molecule has 1 fully saturated rings. The van der Waals surface area contributed by atoms with E-state index in [4.69, 9.17) is 0 Å². The molecule has 2 amide bonds. The average Bonchev–Trinajstić information content (AvgIpc) is 3.06. The normalized spacial score (nSPS) is 31.0. The lowest BCUT2D eigenvalue weighted by molar-refractivity contribution is -0.126. The molecule has 0 radical (unpaired) electrons. The van der Waals surface area contributed by atoms with E-state index in [1.165, 1.54) is 10.0 Å². The van der Waals surface area contributed by atoms with Crippen LogP contribution in [0.5, 0.6) is 0 Å². The number of anilines is 2. The summed E-state index contributed by atoms with van der Waals surface area (Å²) in [5.74, 6) is -0.502. The lowest BCUT2D eigenvalue weighted by atomic mass is 9.85. The number of benzene rings is 2. The smallest absolute Gasteiger partial charge is 0.261 e. The first-order chi connectivity index (χ1) is 13.5. The number of carbonyl (C=O) groups is 2. The third-order valence-corrected chi connectivity index (χ3v) is 6.54. The second-order valence-corrected chi connectivity index (χ2v) is 7.61. The standard InChI is InChI=1S/C22H20N4O2/c1-14-21(15(2)23-25(19(21)27)17-10-6-4-7-11-17)22(14)16(3)24-26(20(22)28)18-12-8-5-9-13-18/h4-14H,1-3H3/t21-,22-/m1/s1. The zero-order chi connectivity index (χ0) is 19.7. The van der Waals surface area contributed by atoms with Crippen molar-refractivity contribution >= 4 is 34.6 Å². The summed E-state index contributed by atoms with van der Waals surface area (Å²) >= 11 is 0. The molecule has 0 unspecified atom stereocenters. The molecule has 0 saturated heterocycles. The van der Waals surface area contributed by atoms with Crippen molar-refractivity contribution < 1.29 is 9.59 Å². The van der Waals surface area contributed by atoms with Crippen molar-refractivity contribution in [2.45, 2.75) is 20.8 Å². The van der Waals surface area contributed by atoms with E-state index in [0.717, 1.165) is 0 Å².